The molecule has 120 valence electrons. The van der Waals surface area contributed by atoms with Crippen LogP contribution in [0.25, 0.3) is 0 Å². The molecule has 1 amide bonds. The molecule has 1 saturated heterocycles. The van der Waals surface area contributed by atoms with E-state index >= 15 is 0 Å². The van der Waals surface area contributed by atoms with Gasteiger partial charge in [0.2, 0.25) is 5.91 Å². The van der Waals surface area contributed by atoms with Crippen molar-refractivity contribution in [1.82, 2.24) is 4.90 Å². The average Bonchev–Trinajstić information content (AvgIpc) is 3.18. The summed E-state index contributed by atoms with van der Waals surface area (Å²) in [4.78, 5) is 15.2. The van der Waals surface area contributed by atoms with Crippen molar-refractivity contribution in [1.29, 1.82) is 0 Å². The maximum Gasteiger partial charge on any atom is 0.236 e. The van der Waals surface area contributed by atoms with Gasteiger partial charge in [0.25, 0.3) is 0 Å². The van der Waals surface area contributed by atoms with Gasteiger partial charge in [-0.1, -0.05) is 31.8 Å². The van der Waals surface area contributed by atoms with Gasteiger partial charge in [0.1, 0.15) is 5.41 Å². The van der Waals surface area contributed by atoms with E-state index in [4.69, 9.17) is 10.9 Å². The highest BCUT2D eigenvalue weighted by atomic mass is 16.4. The van der Waals surface area contributed by atoms with Crippen molar-refractivity contribution in [2.75, 3.05) is 6.54 Å². The zero-order valence-corrected chi connectivity index (χ0v) is 13.3. The molecule has 3 N–H and O–H groups in total. The Morgan fingerprint density at radius 1 is 1.24 bits per heavy atom. The number of carbonyl (C=O) groups is 1. The number of oxime groups is 1. The lowest BCUT2D eigenvalue weighted by molar-refractivity contribution is -0.140. The molecule has 21 heavy (non-hydrogen) atoms. The maximum atomic E-state index is 13.2. The highest BCUT2D eigenvalue weighted by Gasteiger charge is 2.46. The van der Waals surface area contributed by atoms with E-state index < -0.39 is 5.41 Å². The number of rotatable bonds is 5. The molecule has 1 aliphatic carbocycles. The quantitative estimate of drug-likeness (QED) is 0.354. The van der Waals surface area contributed by atoms with E-state index in [1.165, 1.54) is 25.7 Å². The maximum absolute atomic E-state index is 13.2. The van der Waals surface area contributed by atoms with E-state index in [0.717, 1.165) is 19.4 Å². The summed E-state index contributed by atoms with van der Waals surface area (Å²) in [5.41, 5.74) is 5.06. The fourth-order valence-corrected chi connectivity index (χ4v) is 4.27. The second kappa shape index (κ2) is 6.67. The summed E-state index contributed by atoms with van der Waals surface area (Å²) < 4.78 is 0. The molecular weight excluding hydrogens is 266 g/mol. The minimum atomic E-state index is -0.837. The molecule has 0 spiro atoms. The highest BCUT2D eigenvalue weighted by Crippen LogP contribution is 2.39. The lowest BCUT2D eigenvalue weighted by atomic mass is 9.79. The van der Waals surface area contributed by atoms with Crippen LogP contribution in [0.2, 0.25) is 0 Å². The van der Waals surface area contributed by atoms with Crippen molar-refractivity contribution in [2.24, 2.45) is 22.2 Å². The lowest BCUT2D eigenvalue weighted by Crippen LogP contribution is -2.53. The molecule has 0 aromatic heterocycles. The van der Waals surface area contributed by atoms with Gasteiger partial charge < -0.3 is 15.8 Å². The molecular formula is C16H29N3O2. The number of amides is 1. The van der Waals surface area contributed by atoms with Gasteiger partial charge in [-0.05, 0) is 44.4 Å². The van der Waals surface area contributed by atoms with Gasteiger partial charge >= 0.3 is 0 Å². The van der Waals surface area contributed by atoms with Gasteiger partial charge in [0.15, 0.2) is 5.84 Å². The van der Waals surface area contributed by atoms with E-state index in [1.807, 2.05) is 18.7 Å². The summed E-state index contributed by atoms with van der Waals surface area (Å²) in [7, 11) is 0. The summed E-state index contributed by atoms with van der Waals surface area (Å²) in [5.74, 6) is 0.780. The van der Waals surface area contributed by atoms with E-state index in [1.54, 1.807) is 0 Å². The Labute approximate surface area is 127 Å². The number of nitrogens with zero attached hydrogens (tertiary/aromatic N) is 2. The van der Waals surface area contributed by atoms with Gasteiger partial charge in [0, 0.05) is 12.6 Å². The van der Waals surface area contributed by atoms with Gasteiger partial charge in [-0.15, -0.1) is 0 Å². The molecule has 0 aromatic rings. The Kier molecular flexibility index (Phi) is 5.12. The number of hydrogen-bond acceptors (Lipinski definition) is 3. The Bertz CT molecular complexity index is 398. The fraction of sp³-hybridized carbons (Fsp3) is 0.875. The lowest BCUT2D eigenvalue weighted by Gasteiger charge is -2.37. The van der Waals surface area contributed by atoms with Gasteiger partial charge in [-0.2, -0.15) is 0 Å². The fourth-order valence-electron chi connectivity index (χ4n) is 4.27. The first-order valence-electron chi connectivity index (χ1n) is 8.39. The van der Waals surface area contributed by atoms with Crippen molar-refractivity contribution in [3.63, 3.8) is 0 Å². The standard InChI is InChI=1S/C16H29N3O2/c1-3-16(4-2,14(17)18-21)15(20)19-11-7-10-13(19)12-8-5-6-9-12/h12-13,21H,3-11H2,1-2H3,(H2,17,18). The van der Waals surface area contributed by atoms with Crippen LogP contribution < -0.4 is 5.73 Å². The van der Waals surface area contributed by atoms with Crippen molar-refractivity contribution >= 4 is 11.7 Å². The van der Waals surface area contributed by atoms with Crippen LogP contribution in [0, 0.1) is 11.3 Å². The van der Waals surface area contributed by atoms with E-state index in [9.17, 15) is 4.79 Å². The first kappa shape index (κ1) is 16.1. The first-order chi connectivity index (χ1) is 10.1. The number of likely N-dealkylation sites (tertiary alicyclic amines) is 1. The van der Waals surface area contributed by atoms with Crippen LogP contribution >= 0.6 is 0 Å². The molecule has 2 rings (SSSR count). The third-order valence-electron chi connectivity index (χ3n) is 5.72. The highest BCUT2D eigenvalue weighted by molar-refractivity contribution is 6.06. The van der Waals surface area contributed by atoms with Crippen LogP contribution in [-0.4, -0.2) is 34.4 Å². The zero-order chi connectivity index (χ0) is 15.5. The SMILES string of the molecule is CCC(CC)(C(=O)N1CCCC1C1CCCC1)C(N)=NO. The summed E-state index contributed by atoms with van der Waals surface area (Å²) in [6.45, 7) is 4.71. The number of hydrogen-bond donors (Lipinski definition) is 2. The number of nitrogens with two attached hydrogens (primary N) is 1. The van der Waals surface area contributed by atoms with E-state index in [2.05, 4.69) is 5.16 Å². The summed E-state index contributed by atoms with van der Waals surface area (Å²) >= 11 is 0. The summed E-state index contributed by atoms with van der Waals surface area (Å²) in [5, 5.41) is 12.3. The molecule has 1 saturated carbocycles. The molecule has 1 heterocycles. The number of amidine groups is 1. The molecule has 0 aromatic carbocycles. The Hall–Kier alpha value is -1.26. The Morgan fingerprint density at radius 3 is 2.38 bits per heavy atom. The van der Waals surface area contributed by atoms with Crippen LogP contribution in [0.15, 0.2) is 5.16 Å². The molecule has 0 radical (unpaired) electrons. The molecule has 5 nitrogen and oxygen atoms in total. The molecule has 0 bridgehead atoms. The van der Waals surface area contributed by atoms with E-state index in [0.29, 0.717) is 24.8 Å². The summed E-state index contributed by atoms with van der Waals surface area (Å²) in [6.07, 6.45) is 8.39. The predicted molar refractivity (Wildman–Crippen MR) is 83.1 cm³/mol. The molecule has 1 unspecified atom stereocenters. The Balaban J connectivity index is 2.23. The normalized spacial score (nSPS) is 24.8. The van der Waals surface area contributed by atoms with Gasteiger partial charge in [0.05, 0.1) is 0 Å². The molecule has 2 fully saturated rings. The van der Waals surface area contributed by atoms with Crippen LogP contribution in [0.5, 0.6) is 0 Å². The van der Waals surface area contributed by atoms with Crippen LogP contribution in [-0.2, 0) is 4.79 Å². The average molecular weight is 295 g/mol. The third kappa shape index (κ3) is 2.74. The molecule has 1 aliphatic heterocycles. The zero-order valence-electron chi connectivity index (χ0n) is 13.3. The Morgan fingerprint density at radius 2 is 1.86 bits per heavy atom. The predicted octanol–water partition coefficient (Wildman–Crippen LogP) is 2.72. The monoisotopic (exact) mass is 295 g/mol. The van der Waals surface area contributed by atoms with Crippen molar-refractivity contribution in [2.45, 2.75) is 71.3 Å². The second-order valence-corrected chi connectivity index (χ2v) is 6.53. The third-order valence-corrected chi connectivity index (χ3v) is 5.72. The largest absolute Gasteiger partial charge is 0.409 e. The van der Waals surface area contributed by atoms with Crippen molar-refractivity contribution in [3.8, 4) is 0 Å². The van der Waals surface area contributed by atoms with Gasteiger partial charge in [-0.25, -0.2) is 0 Å². The summed E-state index contributed by atoms with van der Waals surface area (Å²) in [6, 6.07) is 0.365. The van der Waals surface area contributed by atoms with Gasteiger partial charge in [-0.3, -0.25) is 4.79 Å². The van der Waals surface area contributed by atoms with Crippen LogP contribution in [0.1, 0.15) is 65.2 Å². The smallest absolute Gasteiger partial charge is 0.236 e. The van der Waals surface area contributed by atoms with Crippen molar-refractivity contribution in [3.05, 3.63) is 0 Å². The first-order valence-corrected chi connectivity index (χ1v) is 8.39. The van der Waals surface area contributed by atoms with Crippen LogP contribution in [0.3, 0.4) is 0 Å². The molecule has 2 aliphatic rings. The second-order valence-electron chi connectivity index (χ2n) is 6.53. The number of carbonyl (C=O) groups excluding carboxylic acids is 1. The molecule has 1 atom stereocenters. The van der Waals surface area contributed by atoms with Crippen LogP contribution in [0.4, 0.5) is 0 Å². The topological polar surface area (TPSA) is 78.9 Å². The van der Waals surface area contributed by atoms with E-state index in [-0.39, 0.29) is 11.7 Å². The molecule has 5 heteroatoms. The minimum absolute atomic E-state index is 0.0644. The minimum Gasteiger partial charge on any atom is -0.409 e. The van der Waals surface area contributed by atoms with Crippen molar-refractivity contribution < 1.29 is 10.0 Å².